The maximum Gasteiger partial charge on any atom is 0.265 e. The zero-order valence-electron chi connectivity index (χ0n) is 13.3. The van der Waals surface area contributed by atoms with Gasteiger partial charge < -0.3 is 21.2 Å². The first-order chi connectivity index (χ1) is 11.5. The predicted octanol–water partition coefficient (Wildman–Crippen LogP) is 2.57. The summed E-state index contributed by atoms with van der Waals surface area (Å²) in [7, 11) is 0. The summed E-state index contributed by atoms with van der Waals surface area (Å²) in [5.74, 6) is -0.436. The van der Waals surface area contributed by atoms with Crippen LogP contribution in [0.4, 0.5) is 11.4 Å². The van der Waals surface area contributed by atoms with E-state index < -0.39 is 0 Å². The largest absolute Gasteiger partial charge is 0.397 e. The third-order valence-electron chi connectivity index (χ3n) is 3.26. The molecule has 0 aliphatic carbocycles. The van der Waals surface area contributed by atoms with E-state index in [1.807, 2.05) is 0 Å². The molecule has 0 saturated carbocycles. The van der Waals surface area contributed by atoms with E-state index in [2.05, 4.69) is 10.6 Å². The maximum absolute atomic E-state index is 12.2. The summed E-state index contributed by atoms with van der Waals surface area (Å²) < 4.78 is 0. The van der Waals surface area contributed by atoms with Crippen molar-refractivity contribution in [3.63, 3.8) is 0 Å². The van der Waals surface area contributed by atoms with Crippen LogP contribution in [0.1, 0.15) is 34.3 Å². The van der Waals surface area contributed by atoms with Crippen LogP contribution >= 0.6 is 11.3 Å². The first kappa shape index (κ1) is 17.7. The minimum absolute atomic E-state index is 0.0135. The fraction of sp³-hybridized carbons (Fsp3) is 0.235. The Labute approximate surface area is 144 Å². The molecule has 7 heteroatoms. The Morgan fingerprint density at radius 3 is 2.54 bits per heavy atom. The molecule has 24 heavy (non-hydrogen) atoms. The van der Waals surface area contributed by atoms with E-state index in [0.29, 0.717) is 22.8 Å². The molecule has 4 N–H and O–H groups in total. The molecule has 2 aromatic rings. The van der Waals surface area contributed by atoms with Crippen LogP contribution in [0.5, 0.6) is 0 Å². The molecule has 2 rings (SSSR count). The fourth-order valence-corrected chi connectivity index (χ4v) is 2.80. The van der Waals surface area contributed by atoms with Gasteiger partial charge in [0.05, 0.1) is 22.8 Å². The van der Waals surface area contributed by atoms with Crippen molar-refractivity contribution in [2.24, 2.45) is 0 Å². The Hall–Kier alpha value is -2.67. The van der Waals surface area contributed by atoms with Gasteiger partial charge in [0.2, 0.25) is 5.91 Å². The number of hydrogen-bond acceptors (Lipinski definition) is 5. The van der Waals surface area contributed by atoms with E-state index in [9.17, 15) is 14.4 Å². The van der Waals surface area contributed by atoms with Gasteiger partial charge >= 0.3 is 0 Å². The first-order valence-corrected chi connectivity index (χ1v) is 8.28. The maximum atomic E-state index is 12.2. The van der Waals surface area contributed by atoms with Gasteiger partial charge in [-0.1, -0.05) is 12.1 Å². The van der Waals surface area contributed by atoms with Gasteiger partial charge in [-0.25, -0.2) is 0 Å². The zero-order chi connectivity index (χ0) is 17.5. The summed E-state index contributed by atoms with van der Waals surface area (Å²) in [5.41, 5.74) is 6.87. The van der Waals surface area contributed by atoms with Gasteiger partial charge in [0.15, 0.2) is 0 Å². The van der Waals surface area contributed by atoms with Crippen LogP contribution in [0.3, 0.4) is 0 Å². The van der Waals surface area contributed by atoms with E-state index >= 15 is 0 Å². The Bertz CT molecular complexity index is 755. The molecule has 6 nitrogen and oxygen atoms in total. The first-order valence-electron chi connectivity index (χ1n) is 7.46. The second-order valence-electron chi connectivity index (χ2n) is 5.29. The predicted molar refractivity (Wildman–Crippen MR) is 94.9 cm³/mol. The minimum atomic E-state index is -0.243. The highest BCUT2D eigenvalue weighted by molar-refractivity contribution is 7.14. The molecule has 0 radical (unpaired) electrons. The number of nitrogens with two attached hydrogens (primary N) is 1. The monoisotopic (exact) mass is 345 g/mol. The molecular formula is C17H19N3O3S. The number of para-hydroxylation sites is 2. The third kappa shape index (κ3) is 5.20. The molecule has 1 aromatic heterocycles. The lowest BCUT2D eigenvalue weighted by atomic mass is 10.2. The molecule has 0 aliphatic heterocycles. The number of carbonyl (C=O) groups excluding carboxylic acids is 3. The van der Waals surface area contributed by atoms with Gasteiger partial charge in [0.25, 0.3) is 5.91 Å². The number of nitrogens with one attached hydrogen (secondary N) is 2. The van der Waals surface area contributed by atoms with Crippen LogP contribution in [0.15, 0.2) is 36.4 Å². The molecule has 2 amide bonds. The highest BCUT2D eigenvalue weighted by Crippen LogP contribution is 2.21. The number of nitrogen functional groups attached to an aromatic ring is 1. The van der Waals surface area contributed by atoms with Crippen molar-refractivity contribution in [1.29, 1.82) is 0 Å². The topological polar surface area (TPSA) is 101 Å². The average molecular weight is 345 g/mol. The number of amides is 2. The highest BCUT2D eigenvalue weighted by atomic mass is 32.1. The van der Waals surface area contributed by atoms with E-state index in [4.69, 9.17) is 5.73 Å². The minimum Gasteiger partial charge on any atom is -0.397 e. The lowest BCUT2D eigenvalue weighted by Gasteiger charge is -2.06. The molecule has 1 aromatic carbocycles. The summed E-state index contributed by atoms with van der Waals surface area (Å²) in [6, 6.07) is 10.5. The van der Waals surface area contributed by atoms with Crippen molar-refractivity contribution in [2.45, 2.75) is 26.3 Å². The van der Waals surface area contributed by atoms with Gasteiger partial charge in [0.1, 0.15) is 5.78 Å². The Morgan fingerprint density at radius 1 is 1.08 bits per heavy atom. The number of thiophene rings is 1. The summed E-state index contributed by atoms with van der Waals surface area (Å²) in [5, 5.41) is 5.49. The van der Waals surface area contributed by atoms with Crippen LogP contribution in [0.25, 0.3) is 0 Å². The number of Topliss-reactive ketones (excluding diaryl/α,β-unsaturated/α-hetero) is 1. The van der Waals surface area contributed by atoms with Crippen molar-refractivity contribution in [3.05, 3.63) is 46.2 Å². The Morgan fingerprint density at radius 2 is 1.83 bits per heavy atom. The van der Waals surface area contributed by atoms with E-state index in [0.717, 1.165) is 4.88 Å². The van der Waals surface area contributed by atoms with Crippen LogP contribution in [-0.2, 0) is 16.1 Å². The summed E-state index contributed by atoms with van der Waals surface area (Å²) >= 11 is 1.30. The van der Waals surface area contributed by atoms with Crippen molar-refractivity contribution in [3.8, 4) is 0 Å². The molecule has 0 aliphatic rings. The van der Waals surface area contributed by atoms with Gasteiger partial charge in [-0.2, -0.15) is 0 Å². The zero-order valence-corrected chi connectivity index (χ0v) is 14.1. The van der Waals surface area contributed by atoms with Gasteiger partial charge in [-0.15, -0.1) is 11.3 Å². The number of hydrogen-bond donors (Lipinski definition) is 3. The Balaban J connectivity index is 1.88. The van der Waals surface area contributed by atoms with E-state index in [-0.39, 0.29) is 30.4 Å². The molecule has 1 heterocycles. The smallest absolute Gasteiger partial charge is 0.265 e. The number of rotatable bonds is 7. The fourth-order valence-electron chi connectivity index (χ4n) is 1.95. The molecule has 0 atom stereocenters. The van der Waals surface area contributed by atoms with Gasteiger partial charge in [0, 0.05) is 17.7 Å². The SMILES string of the molecule is CC(=O)CCC(=O)NCc1ccc(C(=O)Nc2ccccc2N)s1. The number of carbonyl (C=O) groups is 3. The van der Waals surface area contributed by atoms with Crippen LogP contribution in [0, 0.1) is 0 Å². The average Bonchev–Trinajstić information content (AvgIpc) is 3.02. The van der Waals surface area contributed by atoms with Crippen LogP contribution < -0.4 is 16.4 Å². The molecule has 0 spiro atoms. The van der Waals surface area contributed by atoms with Crippen molar-refractivity contribution < 1.29 is 14.4 Å². The number of ketones is 1. The lowest BCUT2D eigenvalue weighted by Crippen LogP contribution is -2.22. The molecule has 0 bridgehead atoms. The molecule has 0 saturated heterocycles. The third-order valence-corrected chi connectivity index (χ3v) is 4.34. The number of anilines is 2. The van der Waals surface area contributed by atoms with Crippen LogP contribution in [0.2, 0.25) is 0 Å². The second kappa shape index (κ2) is 8.26. The Kier molecular flexibility index (Phi) is 6.08. The van der Waals surface area contributed by atoms with Crippen molar-refractivity contribution >= 4 is 40.3 Å². The molecule has 0 fully saturated rings. The second-order valence-corrected chi connectivity index (χ2v) is 6.45. The highest BCUT2D eigenvalue weighted by Gasteiger charge is 2.11. The van der Waals surface area contributed by atoms with Crippen LogP contribution in [-0.4, -0.2) is 17.6 Å². The van der Waals surface area contributed by atoms with Gasteiger partial charge in [-0.3, -0.25) is 9.59 Å². The molecular weight excluding hydrogens is 326 g/mol. The quantitative estimate of drug-likeness (QED) is 0.671. The summed E-state index contributed by atoms with van der Waals surface area (Å²) in [6.07, 6.45) is 0.420. The van der Waals surface area contributed by atoms with Crippen molar-refractivity contribution in [1.82, 2.24) is 5.32 Å². The summed E-state index contributed by atoms with van der Waals surface area (Å²) in [4.78, 5) is 36.0. The van der Waals surface area contributed by atoms with E-state index in [1.54, 1.807) is 36.4 Å². The summed E-state index contributed by atoms with van der Waals surface area (Å²) in [6.45, 7) is 1.79. The normalized spacial score (nSPS) is 10.2. The molecule has 126 valence electrons. The lowest BCUT2D eigenvalue weighted by molar-refractivity contribution is -0.124. The number of benzene rings is 1. The van der Waals surface area contributed by atoms with Crippen molar-refractivity contribution in [2.75, 3.05) is 11.1 Å². The standard InChI is InChI=1S/C17H19N3O3S/c1-11(21)6-9-16(22)19-10-12-7-8-15(24-12)17(23)20-14-5-3-2-4-13(14)18/h2-5,7-8H,6,9-10,18H2,1H3,(H,19,22)(H,20,23). The van der Waals surface area contributed by atoms with Gasteiger partial charge in [-0.05, 0) is 31.2 Å². The molecule has 0 unspecified atom stereocenters. The van der Waals surface area contributed by atoms with E-state index in [1.165, 1.54) is 18.3 Å².